The number of halogens is 1. The van der Waals surface area contributed by atoms with Gasteiger partial charge in [0, 0.05) is 5.69 Å². The van der Waals surface area contributed by atoms with Gasteiger partial charge >= 0.3 is 5.97 Å². The molecule has 0 saturated heterocycles. The number of imidazole rings is 1. The Kier molecular flexibility index (Phi) is 3.79. The average Bonchev–Trinajstić information content (AvgIpc) is 2.88. The highest BCUT2D eigenvalue weighted by Crippen LogP contribution is 2.13. The fourth-order valence-electron chi connectivity index (χ4n) is 1.53. The van der Waals surface area contributed by atoms with E-state index in [1.54, 1.807) is 0 Å². The van der Waals surface area contributed by atoms with Gasteiger partial charge in [-0.25, -0.2) is 14.2 Å². The highest BCUT2D eigenvalue weighted by molar-refractivity contribution is 5.90. The van der Waals surface area contributed by atoms with E-state index in [1.807, 2.05) is 0 Å². The first-order valence-corrected chi connectivity index (χ1v) is 5.77. The van der Waals surface area contributed by atoms with Gasteiger partial charge in [0.25, 0.3) is 5.91 Å². The number of aromatic nitrogens is 2. The fraction of sp³-hybridized carbons (Fsp3) is 0.154. The maximum absolute atomic E-state index is 12.9. The molecule has 0 fully saturated rings. The van der Waals surface area contributed by atoms with Crippen molar-refractivity contribution in [3.8, 4) is 5.69 Å². The summed E-state index contributed by atoms with van der Waals surface area (Å²) in [4.78, 5) is 26.6. The number of ether oxygens (including phenoxy) is 1. The number of benzene rings is 1. The zero-order valence-corrected chi connectivity index (χ0v) is 10.6. The quantitative estimate of drug-likeness (QED) is 0.846. The van der Waals surface area contributed by atoms with Crippen molar-refractivity contribution < 1.29 is 18.7 Å². The number of rotatable bonds is 4. The lowest BCUT2D eigenvalue weighted by Gasteiger charge is -2.11. The average molecular weight is 277 g/mol. The van der Waals surface area contributed by atoms with Crippen molar-refractivity contribution in [3.63, 3.8) is 0 Å². The van der Waals surface area contributed by atoms with Gasteiger partial charge in [-0.05, 0) is 31.2 Å². The highest BCUT2D eigenvalue weighted by atomic mass is 19.1. The molecule has 2 N–H and O–H groups in total. The number of nitrogens with two attached hydrogens (primary N) is 1. The van der Waals surface area contributed by atoms with Crippen LogP contribution in [0, 0.1) is 5.82 Å². The largest absolute Gasteiger partial charge is 0.448 e. The molecule has 0 unspecified atom stereocenters. The number of amides is 1. The van der Waals surface area contributed by atoms with Gasteiger partial charge in [0.2, 0.25) is 0 Å². The molecule has 0 aliphatic heterocycles. The molecule has 104 valence electrons. The summed E-state index contributed by atoms with van der Waals surface area (Å²) in [5, 5.41) is 0. The second-order valence-electron chi connectivity index (χ2n) is 4.08. The smallest absolute Gasteiger partial charge is 0.357 e. The number of esters is 1. The van der Waals surface area contributed by atoms with Crippen LogP contribution in [0.3, 0.4) is 0 Å². The zero-order chi connectivity index (χ0) is 14.7. The number of hydrogen-bond acceptors (Lipinski definition) is 4. The summed E-state index contributed by atoms with van der Waals surface area (Å²) in [6, 6.07) is 5.50. The Morgan fingerprint density at radius 1 is 1.35 bits per heavy atom. The summed E-state index contributed by atoms with van der Waals surface area (Å²) in [6.07, 6.45) is 1.64. The second-order valence-corrected chi connectivity index (χ2v) is 4.08. The number of carbonyl (C=O) groups is 2. The van der Waals surface area contributed by atoms with E-state index in [4.69, 9.17) is 10.5 Å². The SMILES string of the molecule is C[C@@H](OC(=O)c1cncn1-c1ccc(F)cc1)C(N)=O. The first kappa shape index (κ1) is 13.7. The topological polar surface area (TPSA) is 87.2 Å². The van der Waals surface area contributed by atoms with E-state index in [1.165, 1.54) is 48.3 Å². The molecule has 2 aromatic rings. The molecule has 0 saturated carbocycles. The number of nitrogens with zero attached hydrogens (tertiary/aromatic N) is 2. The molecule has 0 spiro atoms. The lowest BCUT2D eigenvalue weighted by Crippen LogP contribution is -2.31. The molecule has 0 aliphatic carbocycles. The van der Waals surface area contributed by atoms with E-state index in [-0.39, 0.29) is 11.5 Å². The summed E-state index contributed by atoms with van der Waals surface area (Å²) in [5.41, 5.74) is 5.68. The maximum Gasteiger partial charge on any atom is 0.357 e. The molecule has 20 heavy (non-hydrogen) atoms. The summed E-state index contributed by atoms with van der Waals surface area (Å²) >= 11 is 0. The zero-order valence-electron chi connectivity index (χ0n) is 10.6. The van der Waals surface area contributed by atoms with Crippen molar-refractivity contribution in [1.82, 2.24) is 9.55 Å². The van der Waals surface area contributed by atoms with E-state index in [0.717, 1.165) is 0 Å². The van der Waals surface area contributed by atoms with Crippen molar-refractivity contribution in [2.24, 2.45) is 5.73 Å². The van der Waals surface area contributed by atoms with Gasteiger partial charge in [0.1, 0.15) is 5.82 Å². The Morgan fingerprint density at radius 2 is 2.00 bits per heavy atom. The highest BCUT2D eigenvalue weighted by Gasteiger charge is 2.20. The first-order chi connectivity index (χ1) is 9.49. The molecule has 7 heteroatoms. The van der Waals surface area contributed by atoms with Gasteiger partial charge in [0.05, 0.1) is 12.5 Å². The maximum atomic E-state index is 12.9. The number of carbonyl (C=O) groups excluding carboxylic acids is 2. The third-order valence-corrected chi connectivity index (χ3v) is 2.64. The fourth-order valence-corrected chi connectivity index (χ4v) is 1.53. The van der Waals surface area contributed by atoms with Crippen LogP contribution >= 0.6 is 0 Å². The van der Waals surface area contributed by atoms with E-state index >= 15 is 0 Å². The van der Waals surface area contributed by atoms with Gasteiger partial charge in [-0.3, -0.25) is 9.36 Å². The van der Waals surface area contributed by atoms with Crippen molar-refractivity contribution in [2.45, 2.75) is 13.0 Å². The van der Waals surface area contributed by atoms with E-state index in [9.17, 15) is 14.0 Å². The van der Waals surface area contributed by atoms with Crippen molar-refractivity contribution in [1.29, 1.82) is 0 Å². The molecule has 0 radical (unpaired) electrons. The summed E-state index contributed by atoms with van der Waals surface area (Å²) in [6.45, 7) is 1.37. The molecular weight excluding hydrogens is 265 g/mol. The van der Waals surface area contributed by atoms with E-state index in [0.29, 0.717) is 5.69 Å². The molecular formula is C13H12FN3O3. The van der Waals surface area contributed by atoms with Gasteiger partial charge in [0.15, 0.2) is 11.8 Å². The Balaban J connectivity index is 2.26. The van der Waals surface area contributed by atoms with Crippen LogP contribution in [-0.2, 0) is 9.53 Å². The van der Waals surface area contributed by atoms with Gasteiger partial charge in [-0.15, -0.1) is 0 Å². The third-order valence-electron chi connectivity index (χ3n) is 2.64. The summed E-state index contributed by atoms with van der Waals surface area (Å²) in [7, 11) is 0. The minimum atomic E-state index is -1.04. The predicted octanol–water partition coefficient (Wildman–Crippen LogP) is 1.04. The first-order valence-electron chi connectivity index (χ1n) is 5.77. The van der Waals surface area contributed by atoms with Crippen LogP contribution in [0.2, 0.25) is 0 Å². The molecule has 6 nitrogen and oxygen atoms in total. The molecule has 1 heterocycles. The molecule has 1 aromatic carbocycles. The summed E-state index contributed by atoms with van der Waals surface area (Å²) in [5.74, 6) is -1.87. The molecule has 0 bridgehead atoms. The van der Waals surface area contributed by atoms with E-state index in [2.05, 4.69) is 4.98 Å². The Bertz CT molecular complexity index is 637. The second kappa shape index (κ2) is 5.52. The Morgan fingerprint density at radius 3 is 2.60 bits per heavy atom. The van der Waals surface area contributed by atoms with Crippen LogP contribution < -0.4 is 5.73 Å². The van der Waals surface area contributed by atoms with Crippen LogP contribution in [0.25, 0.3) is 5.69 Å². The van der Waals surface area contributed by atoms with Crippen LogP contribution in [-0.4, -0.2) is 27.5 Å². The number of hydrogen-bond donors (Lipinski definition) is 1. The normalized spacial score (nSPS) is 11.9. The Labute approximate surface area is 114 Å². The number of primary amides is 1. The predicted molar refractivity (Wildman–Crippen MR) is 67.6 cm³/mol. The minimum Gasteiger partial charge on any atom is -0.448 e. The van der Waals surface area contributed by atoms with Crippen molar-refractivity contribution >= 4 is 11.9 Å². The molecule has 1 aromatic heterocycles. The lowest BCUT2D eigenvalue weighted by molar-refractivity contribution is -0.125. The molecule has 0 aliphatic rings. The van der Waals surface area contributed by atoms with Gasteiger partial charge < -0.3 is 10.5 Å². The third kappa shape index (κ3) is 2.82. The van der Waals surface area contributed by atoms with Gasteiger partial charge in [-0.1, -0.05) is 0 Å². The standard InChI is InChI=1S/C13H12FN3O3/c1-8(12(15)18)20-13(19)11-6-16-7-17(11)10-4-2-9(14)3-5-10/h2-8H,1H3,(H2,15,18)/t8-/m1/s1. The monoisotopic (exact) mass is 277 g/mol. The van der Waals surface area contributed by atoms with Crippen LogP contribution in [0.5, 0.6) is 0 Å². The summed E-state index contributed by atoms with van der Waals surface area (Å²) < 4.78 is 19.2. The molecule has 2 rings (SSSR count). The van der Waals surface area contributed by atoms with Crippen LogP contribution in [0.15, 0.2) is 36.8 Å². The van der Waals surface area contributed by atoms with Crippen LogP contribution in [0.1, 0.15) is 17.4 Å². The van der Waals surface area contributed by atoms with Crippen LogP contribution in [0.4, 0.5) is 4.39 Å². The molecule has 1 amide bonds. The van der Waals surface area contributed by atoms with E-state index < -0.39 is 18.0 Å². The van der Waals surface area contributed by atoms with Crippen molar-refractivity contribution in [2.75, 3.05) is 0 Å². The Hall–Kier alpha value is -2.70. The molecule has 1 atom stereocenters. The van der Waals surface area contributed by atoms with Crippen molar-refractivity contribution in [3.05, 3.63) is 48.3 Å². The lowest BCUT2D eigenvalue weighted by atomic mass is 10.3. The van der Waals surface area contributed by atoms with Gasteiger partial charge in [-0.2, -0.15) is 0 Å². The minimum absolute atomic E-state index is 0.115.